The van der Waals surface area contributed by atoms with E-state index in [-0.39, 0.29) is 17.9 Å². The summed E-state index contributed by atoms with van der Waals surface area (Å²) in [6.07, 6.45) is 2.76. The number of alkyl halides is 1. The number of nitrogens with zero attached hydrogens (tertiary/aromatic N) is 1. The van der Waals surface area contributed by atoms with Crippen LogP contribution in [0.3, 0.4) is 0 Å². The van der Waals surface area contributed by atoms with E-state index >= 15 is 0 Å². The summed E-state index contributed by atoms with van der Waals surface area (Å²) in [6.45, 7) is 4.48. The molecule has 1 aliphatic heterocycles. The van der Waals surface area contributed by atoms with E-state index in [0.717, 1.165) is 32.4 Å². The second-order valence-electron chi connectivity index (χ2n) is 3.61. The molecule has 1 aliphatic rings. The number of rotatable bonds is 4. The normalized spacial score (nSPS) is 18.6. The molecule has 14 heavy (non-hydrogen) atoms. The molecule has 1 amide bonds. The summed E-state index contributed by atoms with van der Waals surface area (Å²) < 4.78 is 5.20. The van der Waals surface area contributed by atoms with Gasteiger partial charge in [0.1, 0.15) is 6.61 Å². The van der Waals surface area contributed by atoms with E-state index in [9.17, 15) is 4.79 Å². The van der Waals surface area contributed by atoms with E-state index in [2.05, 4.69) is 0 Å². The second kappa shape index (κ2) is 6.25. The maximum Gasteiger partial charge on any atom is 0.248 e. The van der Waals surface area contributed by atoms with Crippen molar-refractivity contribution in [3.8, 4) is 0 Å². The van der Waals surface area contributed by atoms with E-state index in [1.807, 2.05) is 11.8 Å². The third-order valence-corrected chi connectivity index (χ3v) is 2.79. The Hall–Kier alpha value is -0.280. The number of hydrogen-bond donors (Lipinski definition) is 0. The Bertz CT molecular complexity index is 179. The predicted molar refractivity (Wildman–Crippen MR) is 56.6 cm³/mol. The topological polar surface area (TPSA) is 29.5 Å². The molecule has 1 rings (SSSR count). The number of carbonyl (C=O) groups is 1. The van der Waals surface area contributed by atoms with E-state index in [1.165, 1.54) is 0 Å². The number of hydrogen-bond acceptors (Lipinski definition) is 2. The zero-order chi connectivity index (χ0) is 10.4. The first-order valence-electron chi connectivity index (χ1n) is 5.23. The SMILES string of the molecule is CCCOCC(=O)N1CCC(Cl)CC1. The molecule has 1 fully saturated rings. The summed E-state index contributed by atoms with van der Waals surface area (Å²) in [5, 5.41) is 0.246. The number of piperidine rings is 1. The molecule has 0 aliphatic carbocycles. The van der Waals surface area contributed by atoms with Gasteiger partial charge in [-0.05, 0) is 19.3 Å². The van der Waals surface area contributed by atoms with Gasteiger partial charge in [-0.25, -0.2) is 0 Å². The lowest BCUT2D eigenvalue weighted by molar-refractivity contribution is -0.136. The molecule has 0 aromatic rings. The zero-order valence-corrected chi connectivity index (χ0v) is 9.42. The van der Waals surface area contributed by atoms with Crippen LogP contribution in [0.25, 0.3) is 0 Å². The van der Waals surface area contributed by atoms with Crippen LogP contribution >= 0.6 is 11.6 Å². The van der Waals surface area contributed by atoms with Crippen molar-refractivity contribution in [3.63, 3.8) is 0 Å². The fourth-order valence-electron chi connectivity index (χ4n) is 1.49. The first-order chi connectivity index (χ1) is 6.74. The smallest absolute Gasteiger partial charge is 0.248 e. The first kappa shape index (κ1) is 11.8. The Labute approximate surface area is 90.4 Å². The maximum atomic E-state index is 11.5. The average molecular weight is 220 g/mol. The van der Waals surface area contributed by atoms with Crippen molar-refractivity contribution in [3.05, 3.63) is 0 Å². The van der Waals surface area contributed by atoms with Crippen LogP contribution in [-0.2, 0) is 9.53 Å². The molecule has 0 radical (unpaired) electrons. The number of ether oxygens (including phenoxy) is 1. The van der Waals surface area contributed by atoms with Gasteiger partial charge >= 0.3 is 0 Å². The fraction of sp³-hybridized carbons (Fsp3) is 0.900. The highest BCUT2D eigenvalue weighted by atomic mass is 35.5. The van der Waals surface area contributed by atoms with Crippen LogP contribution in [0.4, 0.5) is 0 Å². The highest BCUT2D eigenvalue weighted by Gasteiger charge is 2.20. The van der Waals surface area contributed by atoms with Gasteiger partial charge in [0.05, 0.1) is 0 Å². The summed E-state index contributed by atoms with van der Waals surface area (Å²) in [4.78, 5) is 13.4. The van der Waals surface area contributed by atoms with Crippen LogP contribution in [0.5, 0.6) is 0 Å². The summed E-state index contributed by atoms with van der Waals surface area (Å²) in [6, 6.07) is 0. The molecule has 0 spiro atoms. The van der Waals surface area contributed by atoms with Crippen molar-refractivity contribution < 1.29 is 9.53 Å². The van der Waals surface area contributed by atoms with Gasteiger partial charge in [0, 0.05) is 25.1 Å². The Balaban J connectivity index is 2.17. The third-order valence-electron chi connectivity index (χ3n) is 2.35. The quantitative estimate of drug-likeness (QED) is 0.532. The van der Waals surface area contributed by atoms with Gasteiger partial charge in [0.2, 0.25) is 5.91 Å². The number of carbonyl (C=O) groups excluding carboxylic acids is 1. The number of halogens is 1. The van der Waals surface area contributed by atoms with Gasteiger partial charge < -0.3 is 9.64 Å². The minimum Gasteiger partial charge on any atom is -0.372 e. The Morgan fingerprint density at radius 3 is 2.71 bits per heavy atom. The molecule has 4 heteroatoms. The Morgan fingerprint density at radius 2 is 2.14 bits per heavy atom. The first-order valence-corrected chi connectivity index (χ1v) is 5.67. The molecule has 1 saturated heterocycles. The summed E-state index contributed by atoms with van der Waals surface area (Å²) in [7, 11) is 0. The van der Waals surface area contributed by atoms with Gasteiger partial charge in [-0.2, -0.15) is 0 Å². The summed E-state index contributed by atoms with van der Waals surface area (Å²) >= 11 is 5.94. The van der Waals surface area contributed by atoms with E-state index in [0.29, 0.717) is 6.61 Å². The number of amides is 1. The lowest BCUT2D eigenvalue weighted by Crippen LogP contribution is -2.40. The molecular weight excluding hydrogens is 202 g/mol. The molecule has 0 aromatic heterocycles. The molecule has 0 atom stereocenters. The van der Waals surface area contributed by atoms with Crippen molar-refractivity contribution >= 4 is 17.5 Å². The number of likely N-dealkylation sites (tertiary alicyclic amines) is 1. The van der Waals surface area contributed by atoms with Crippen LogP contribution < -0.4 is 0 Å². The molecule has 0 bridgehead atoms. The second-order valence-corrected chi connectivity index (χ2v) is 4.23. The minimum atomic E-state index is 0.0991. The Kier molecular flexibility index (Phi) is 5.26. The summed E-state index contributed by atoms with van der Waals surface area (Å²) in [5.41, 5.74) is 0. The van der Waals surface area contributed by atoms with Crippen molar-refractivity contribution in [1.29, 1.82) is 0 Å². The standard InChI is InChI=1S/C10H18ClNO2/c1-2-7-14-8-10(13)12-5-3-9(11)4-6-12/h9H,2-8H2,1H3. The molecule has 0 aromatic carbocycles. The molecule has 82 valence electrons. The van der Waals surface area contributed by atoms with Gasteiger partial charge in [-0.15, -0.1) is 11.6 Å². The minimum absolute atomic E-state index is 0.0991. The van der Waals surface area contributed by atoms with Gasteiger partial charge in [0.25, 0.3) is 0 Å². The van der Waals surface area contributed by atoms with E-state index in [1.54, 1.807) is 0 Å². The van der Waals surface area contributed by atoms with Gasteiger partial charge in [-0.1, -0.05) is 6.92 Å². The molecular formula is C10H18ClNO2. The Morgan fingerprint density at radius 1 is 1.50 bits per heavy atom. The van der Waals surface area contributed by atoms with E-state index < -0.39 is 0 Å². The lowest BCUT2D eigenvalue weighted by atomic mass is 10.1. The van der Waals surface area contributed by atoms with Crippen LogP contribution in [0.15, 0.2) is 0 Å². The van der Waals surface area contributed by atoms with Crippen molar-refractivity contribution in [2.45, 2.75) is 31.6 Å². The van der Waals surface area contributed by atoms with Crippen molar-refractivity contribution in [2.24, 2.45) is 0 Å². The largest absolute Gasteiger partial charge is 0.372 e. The molecule has 0 saturated carbocycles. The summed E-state index contributed by atoms with van der Waals surface area (Å²) in [5.74, 6) is 0.0991. The lowest BCUT2D eigenvalue weighted by Gasteiger charge is -2.29. The fourth-order valence-corrected chi connectivity index (χ4v) is 1.69. The van der Waals surface area contributed by atoms with Crippen molar-refractivity contribution in [2.75, 3.05) is 26.3 Å². The molecule has 0 unspecified atom stereocenters. The molecule has 3 nitrogen and oxygen atoms in total. The van der Waals surface area contributed by atoms with Gasteiger partial charge in [-0.3, -0.25) is 4.79 Å². The van der Waals surface area contributed by atoms with Crippen LogP contribution in [0.2, 0.25) is 0 Å². The highest BCUT2D eigenvalue weighted by molar-refractivity contribution is 6.20. The predicted octanol–water partition coefficient (Wildman–Crippen LogP) is 1.64. The molecule has 0 N–H and O–H groups in total. The van der Waals surface area contributed by atoms with Gasteiger partial charge in [0.15, 0.2) is 0 Å². The van der Waals surface area contributed by atoms with Crippen LogP contribution in [-0.4, -0.2) is 42.5 Å². The molecule has 1 heterocycles. The average Bonchev–Trinajstić information content (AvgIpc) is 2.19. The van der Waals surface area contributed by atoms with E-state index in [4.69, 9.17) is 16.3 Å². The highest BCUT2D eigenvalue weighted by Crippen LogP contribution is 2.15. The monoisotopic (exact) mass is 219 g/mol. The zero-order valence-electron chi connectivity index (χ0n) is 8.67. The maximum absolute atomic E-state index is 11.5. The third kappa shape index (κ3) is 3.84. The van der Waals surface area contributed by atoms with Crippen LogP contribution in [0, 0.1) is 0 Å². The van der Waals surface area contributed by atoms with Crippen LogP contribution in [0.1, 0.15) is 26.2 Å². The van der Waals surface area contributed by atoms with Crippen molar-refractivity contribution in [1.82, 2.24) is 4.90 Å².